The monoisotopic (exact) mass is 433 g/mol. The van der Waals surface area contributed by atoms with Gasteiger partial charge in [-0.3, -0.25) is 14.5 Å². The van der Waals surface area contributed by atoms with Crippen molar-refractivity contribution in [3.8, 4) is 0 Å². The minimum atomic E-state index is -0.283. The minimum Gasteiger partial charge on any atom is -0.390 e. The molecule has 9 atom stereocenters. The maximum absolute atomic E-state index is 13.6. The van der Waals surface area contributed by atoms with Crippen molar-refractivity contribution < 1.29 is 9.90 Å². The standard InChI is InChI=1S/C27H35N3O2/c1-26-9-6-17-18-7-10-27(32)12-23(27)20(18)3-2-19(17)21(26)4-5-22(26)25(31)15-30-24-14-28-11-8-16(24)13-29-30/h8,11,13-14,17-23,32H,2-7,9-10,12,15H2,1H3/t17-,18-,19-,20-,21+,22-,23?,26+,27+/m1/s1. The first-order valence-corrected chi connectivity index (χ1v) is 13.0. The van der Waals surface area contributed by atoms with Gasteiger partial charge in [-0.2, -0.15) is 5.10 Å². The zero-order valence-corrected chi connectivity index (χ0v) is 19.1. The van der Waals surface area contributed by atoms with Crippen molar-refractivity contribution in [3.63, 3.8) is 0 Å². The molecule has 32 heavy (non-hydrogen) atoms. The van der Waals surface area contributed by atoms with E-state index < -0.39 is 0 Å². The summed E-state index contributed by atoms with van der Waals surface area (Å²) in [6, 6.07) is 1.96. The highest BCUT2D eigenvalue weighted by Gasteiger charge is 2.65. The Hall–Kier alpha value is -1.75. The topological polar surface area (TPSA) is 68.0 Å². The van der Waals surface area contributed by atoms with Crippen molar-refractivity contribution in [2.75, 3.05) is 0 Å². The molecule has 1 N–H and O–H groups in total. The Morgan fingerprint density at radius 3 is 2.66 bits per heavy atom. The van der Waals surface area contributed by atoms with Crippen LogP contribution in [0.4, 0.5) is 0 Å². The van der Waals surface area contributed by atoms with Crippen LogP contribution in [-0.4, -0.2) is 31.3 Å². The first-order valence-electron chi connectivity index (χ1n) is 13.0. The van der Waals surface area contributed by atoms with Crippen LogP contribution in [0.2, 0.25) is 0 Å². The van der Waals surface area contributed by atoms with Gasteiger partial charge >= 0.3 is 0 Å². The summed E-state index contributed by atoms with van der Waals surface area (Å²) in [5.41, 5.74) is 0.829. The average molecular weight is 434 g/mol. The van der Waals surface area contributed by atoms with Crippen molar-refractivity contribution >= 4 is 16.7 Å². The highest BCUT2D eigenvalue weighted by atomic mass is 16.3. The van der Waals surface area contributed by atoms with Gasteiger partial charge in [0, 0.05) is 17.5 Å². The molecular weight excluding hydrogens is 398 g/mol. The van der Waals surface area contributed by atoms with Crippen LogP contribution in [-0.2, 0) is 11.3 Å². The number of pyridine rings is 1. The van der Waals surface area contributed by atoms with Crippen molar-refractivity contribution in [1.82, 2.24) is 14.8 Å². The maximum Gasteiger partial charge on any atom is 0.157 e. The third-order valence-electron chi connectivity index (χ3n) is 11.1. The van der Waals surface area contributed by atoms with Crippen LogP contribution in [0.3, 0.4) is 0 Å². The molecule has 1 unspecified atom stereocenters. The van der Waals surface area contributed by atoms with Gasteiger partial charge in [-0.15, -0.1) is 0 Å². The number of carbonyl (C=O) groups excluding carboxylic acids is 1. The number of aliphatic hydroxyl groups is 1. The lowest BCUT2D eigenvalue weighted by molar-refractivity contribution is -0.131. The molecule has 5 aliphatic carbocycles. The number of hydrogen-bond donors (Lipinski definition) is 1. The second-order valence-corrected chi connectivity index (χ2v) is 12.2. The number of rotatable bonds is 3. The van der Waals surface area contributed by atoms with Gasteiger partial charge in [0.1, 0.15) is 6.54 Å². The Morgan fingerprint density at radius 2 is 1.81 bits per heavy atom. The number of fused-ring (bicyclic) bond motifs is 8. The molecule has 0 aliphatic heterocycles. The van der Waals surface area contributed by atoms with Gasteiger partial charge < -0.3 is 5.11 Å². The largest absolute Gasteiger partial charge is 0.390 e. The SMILES string of the molecule is C[C@]12CC[C@@H]3[C@H]4CC[C@]5(O)CC5[C@@H]4CC[C@H]3[C@@H]1CC[C@@H]2C(=O)Cn1ncc2ccncc21. The van der Waals surface area contributed by atoms with E-state index in [9.17, 15) is 9.90 Å². The summed E-state index contributed by atoms with van der Waals surface area (Å²) in [7, 11) is 0. The molecule has 2 heterocycles. The molecule has 0 amide bonds. The van der Waals surface area contributed by atoms with Crippen molar-refractivity contribution in [1.29, 1.82) is 0 Å². The molecule has 0 radical (unpaired) electrons. The van der Waals surface area contributed by atoms with E-state index in [1.165, 1.54) is 38.5 Å². The third kappa shape index (κ3) is 2.63. The zero-order valence-electron chi connectivity index (χ0n) is 19.1. The fraction of sp³-hybridized carbons (Fsp3) is 0.741. The predicted molar refractivity (Wildman–Crippen MR) is 122 cm³/mol. The molecular formula is C27H35N3O2. The van der Waals surface area contributed by atoms with Gasteiger partial charge in [0.05, 0.1) is 23.5 Å². The highest BCUT2D eigenvalue weighted by Crippen LogP contribution is 2.68. The molecule has 0 spiro atoms. The highest BCUT2D eigenvalue weighted by molar-refractivity contribution is 5.84. The van der Waals surface area contributed by atoms with Gasteiger partial charge in [0.25, 0.3) is 0 Å². The predicted octanol–water partition coefficient (Wildman–Crippen LogP) is 4.63. The fourth-order valence-electron chi connectivity index (χ4n) is 9.51. The van der Waals surface area contributed by atoms with Gasteiger partial charge in [-0.05, 0) is 105 Å². The van der Waals surface area contributed by atoms with Crippen LogP contribution in [0.15, 0.2) is 24.7 Å². The summed E-state index contributed by atoms with van der Waals surface area (Å²) in [6.07, 6.45) is 16.2. The number of carbonyl (C=O) groups is 1. The molecule has 5 aliphatic rings. The summed E-state index contributed by atoms with van der Waals surface area (Å²) in [4.78, 5) is 17.8. The molecule has 2 aromatic rings. The van der Waals surface area contributed by atoms with E-state index in [1.54, 1.807) is 6.20 Å². The van der Waals surface area contributed by atoms with E-state index in [4.69, 9.17) is 0 Å². The zero-order chi connectivity index (χ0) is 21.7. The first-order chi connectivity index (χ1) is 15.5. The van der Waals surface area contributed by atoms with Crippen LogP contribution in [0.25, 0.3) is 10.9 Å². The first kappa shape index (κ1) is 19.7. The number of ketones is 1. The smallest absolute Gasteiger partial charge is 0.157 e. The molecule has 5 heteroatoms. The molecule has 0 saturated heterocycles. The number of aromatic nitrogens is 3. The Labute approximate surface area is 190 Å². The second-order valence-electron chi connectivity index (χ2n) is 12.2. The van der Waals surface area contributed by atoms with Crippen LogP contribution < -0.4 is 0 Å². The molecule has 5 fully saturated rings. The van der Waals surface area contributed by atoms with E-state index in [-0.39, 0.29) is 16.9 Å². The molecule has 170 valence electrons. The van der Waals surface area contributed by atoms with E-state index in [2.05, 4.69) is 17.0 Å². The lowest BCUT2D eigenvalue weighted by atomic mass is 9.49. The Morgan fingerprint density at radius 1 is 1.03 bits per heavy atom. The Bertz CT molecular complexity index is 1080. The Kier molecular flexibility index (Phi) is 4.09. The summed E-state index contributed by atoms with van der Waals surface area (Å²) < 4.78 is 1.86. The van der Waals surface area contributed by atoms with Crippen LogP contribution in [0, 0.1) is 46.8 Å². The van der Waals surface area contributed by atoms with Crippen molar-refractivity contribution in [2.24, 2.45) is 46.8 Å². The Balaban J connectivity index is 1.11. The van der Waals surface area contributed by atoms with Gasteiger partial charge in [-0.1, -0.05) is 6.92 Å². The maximum atomic E-state index is 13.6. The number of Topliss-reactive ketones (excluding diaryl/α,β-unsaturated/α-hetero) is 1. The fourth-order valence-corrected chi connectivity index (χ4v) is 9.51. The van der Waals surface area contributed by atoms with Gasteiger partial charge in [0.2, 0.25) is 0 Å². The van der Waals surface area contributed by atoms with E-state index in [0.717, 1.165) is 53.8 Å². The lowest BCUT2D eigenvalue weighted by Crippen LogP contribution is -2.50. The van der Waals surface area contributed by atoms with Gasteiger partial charge in [-0.25, -0.2) is 0 Å². The molecule has 7 rings (SSSR count). The summed E-state index contributed by atoms with van der Waals surface area (Å²) >= 11 is 0. The lowest BCUT2D eigenvalue weighted by Gasteiger charge is -2.56. The quantitative estimate of drug-likeness (QED) is 0.766. The third-order valence-corrected chi connectivity index (χ3v) is 11.1. The molecule has 0 aromatic carbocycles. The summed E-state index contributed by atoms with van der Waals surface area (Å²) in [5.74, 6) is 5.10. The summed E-state index contributed by atoms with van der Waals surface area (Å²) in [6.45, 7) is 2.82. The molecule has 0 bridgehead atoms. The van der Waals surface area contributed by atoms with E-state index in [1.807, 2.05) is 23.1 Å². The van der Waals surface area contributed by atoms with Gasteiger partial charge in [0.15, 0.2) is 5.78 Å². The van der Waals surface area contributed by atoms with Crippen LogP contribution in [0.1, 0.15) is 64.7 Å². The second kappa shape index (κ2) is 6.65. The number of nitrogens with zero attached hydrogens (tertiary/aromatic N) is 3. The van der Waals surface area contributed by atoms with E-state index >= 15 is 0 Å². The van der Waals surface area contributed by atoms with Crippen molar-refractivity contribution in [3.05, 3.63) is 24.7 Å². The van der Waals surface area contributed by atoms with Crippen molar-refractivity contribution in [2.45, 2.75) is 76.9 Å². The normalized spacial score (nSPS) is 46.8. The molecule has 2 aromatic heterocycles. The average Bonchev–Trinajstić information content (AvgIpc) is 3.15. The molecule has 5 nitrogen and oxygen atoms in total. The summed E-state index contributed by atoms with van der Waals surface area (Å²) in [5, 5.41) is 16.2. The molecule has 5 saturated carbocycles. The van der Waals surface area contributed by atoms with Crippen LogP contribution in [0.5, 0.6) is 0 Å². The van der Waals surface area contributed by atoms with Crippen LogP contribution >= 0.6 is 0 Å². The van der Waals surface area contributed by atoms with E-state index in [0.29, 0.717) is 24.2 Å². The number of hydrogen-bond acceptors (Lipinski definition) is 4. The minimum absolute atomic E-state index is 0.154.